The first-order valence-electron chi connectivity index (χ1n) is 11.6. The van der Waals surface area contributed by atoms with E-state index >= 15 is 0 Å². The third-order valence-electron chi connectivity index (χ3n) is 6.15. The zero-order valence-corrected chi connectivity index (χ0v) is 21.1. The number of nitrogens with one attached hydrogen (secondary N) is 1. The lowest BCUT2D eigenvalue weighted by atomic mass is 10.1. The average molecular weight is 486 g/mol. The van der Waals surface area contributed by atoms with Gasteiger partial charge in [0, 0.05) is 18.0 Å². The van der Waals surface area contributed by atoms with Crippen LogP contribution < -0.4 is 10.9 Å². The van der Waals surface area contributed by atoms with Crippen molar-refractivity contribution in [2.24, 2.45) is 0 Å². The molecule has 6 nitrogen and oxygen atoms in total. The summed E-state index contributed by atoms with van der Waals surface area (Å²) in [6.07, 6.45) is 3.58. The van der Waals surface area contributed by atoms with Crippen LogP contribution >= 0.6 is 23.1 Å². The van der Waals surface area contributed by atoms with Gasteiger partial charge >= 0.3 is 0 Å². The standard InChI is InChI=1S/C25H31N3O3S2/c1-4-20-17(3)33-23-22(20)24(30)28(14-19-10-7-13-31-19)25(27-23)32-15-21(29)26-12-11-18-9-6-5-8-16(18)2/h5-6,8-9,19H,4,7,10-15H2,1-3H3,(H,26,29). The molecule has 33 heavy (non-hydrogen) atoms. The first-order valence-corrected chi connectivity index (χ1v) is 13.4. The minimum Gasteiger partial charge on any atom is -0.376 e. The highest BCUT2D eigenvalue weighted by Gasteiger charge is 2.23. The van der Waals surface area contributed by atoms with Crippen LogP contribution in [0.3, 0.4) is 0 Å². The average Bonchev–Trinajstić information content (AvgIpc) is 3.42. The smallest absolute Gasteiger partial charge is 0.263 e. The number of hydrogen-bond acceptors (Lipinski definition) is 6. The van der Waals surface area contributed by atoms with Crippen LogP contribution in [0.5, 0.6) is 0 Å². The lowest BCUT2D eigenvalue weighted by molar-refractivity contribution is -0.118. The molecular formula is C25H31N3O3S2. The van der Waals surface area contributed by atoms with E-state index in [4.69, 9.17) is 9.72 Å². The number of aryl methyl sites for hydroxylation is 3. The zero-order chi connectivity index (χ0) is 23.4. The molecule has 3 heterocycles. The number of ether oxygens (including phenoxy) is 1. The van der Waals surface area contributed by atoms with E-state index in [1.807, 2.05) is 19.1 Å². The molecule has 8 heteroatoms. The van der Waals surface area contributed by atoms with E-state index in [0.717, 1.165) is 52.9 Å². The number of carbonyl (C=O) groups excluding carboxylic acids is 1. The van der Waals surface area contributed by atoms with E-state index in [0.29, 0.717) is 18.2 Å². The van der Waals surface area contributed by atoms with Crippen molar-refractivity contribution < 1.29 is 9.53 Å². The second-order valence-electron chi connectivity index (χ2n) is 8.43. The Morgan fingerprint density at radius 1 is 1.33 bits per heavy atom. The summed E-state index contributed by atoms with van der Waals surface area (Å²) in [6.45, 7) is 8.00. The van der Waals surface area contributed by atoms with Gasteiger partial charge in [-0.05, 0) is 56.2 Å². The van der Waals surface area contributed by atoms with Gasteiger partial charge in [-0.1, -0.05) is 43.0 Å². The number of fused-ring (bicyclic) bond motifs is 1. The number of thioether (sulfide) groups is 1. The van der Waals surface area contributed by atoms with Crippen molar-refractivity contribution in [1.82, 2.24) is 14.9 Å². The van der Waals surface area contributed by atoms with Crippen molar-refractivity contribution in [1.29, 1.82) is 0 Å². The number of hydrogen-bond donors (Lipinski definition) is 1. The molecule has 176 valence electrons. The van der Waals surface area contributed by atoms with Crippen LogP contribution in [-0.2, 0) is 28.9 Å². The van der Waals surface area contributed by atoms with Crippen molar-refractivity contribution in [2.75, 3.05) is 18.9 Å². The molecule has 0 bridgehead atoms. The first-order chi connectivity index (χ1) is 16.0. The molecule has 0 aliphatic carbocycles. The number of carbonyl (C=O) groups is 1. The van der Waals surface area contributed by atoms with E-state index in [9.17, 15) is 9.59 Å². The van der Waals surface area contributed by atoms with Crippen LogP contribution in [0, 0.1) is 13.8 Å². The van der Waals surface area contributed by atoms with Gasteiger partial charge in [0.2, 0.25) is 5.91 Å². The van der Waals surface area contributed by atoms with E-state index in [1.54, 1.807) is 15.9 Å². The highest BCUT2D eigenvalue weighted by Crippen LogP contribution is 2.30. The van der Waals surface area contributed by atoms with Gasteiger partial charge in [-0.15, -0.1) is 11.3 Å². The van der Waals surface area contributed by atoms with E-state index in [1.165, 1.54) is 22.9 Å². The molecule has 1 saturated heterocycles. The summed E-state index contributed by atoms with van der Waals surface area (Å²) >= 11 is 2.89. The molecule has 1 aromatic carbocycles. The Labute approximate surface area is 202 Å². The predicted octanol–water partition coefficient (Wildman–Crippen LogP) is 4.27. The number of benzene rings is 1. The van der Waals surface area contributed by atoms with Gasteiger partial charge in [-0.25, -0.2) is 4.98 Å². The van der Waals surface area contributed by atoms with Crippen LogP contribution in [0.2, 0.25) is 0 Å². The van der Waals surface area contributed by atoms with Crippen molar-refractivity contribution in [3.05, 3.63) is 56.2 Å². The van der Waals surface area contributed by atoms with Crippen LogP contribution in [-0.4, -0.2) is 40.5 Å². The SMILES string of the molecule is CCc1c(C)sc2nc(SCC(=O)NCCc3ccccc3C)n(CC3CCCO3)c(=O)c12. The van der Waals surface area contributed by atoms with E-state index in [2.05, 4.69) is 31.3 Å². The highest BCUT2D eigenvalue weighted by atomic mass is 32.2. The summed E-state index contributed by atoms with van der Waals surface area (Å²) in [7, 11) is 0. The van der Waals surface area contributed by atoms with Gasteiger partial charge in [0.15, 0.2) is 5.16 Å². The maximum Gasteiger partial charge on any atom is 0.263 e. The Kier molecular flexibility index (Phi) is 7.88. The highest BCUT2D eigenvalue weighted by molar-refractivity contribution is 7.99. The van der Waals surface area contributed by atoms with Gasteiger partial charge in [-0.2, -0.15) is 0 Å². The van der Waals surface area contributed by atoms with Crippen molar-refractivity contribution >= 4 is 39.2 Å². The molecule has 0 spiro atoms. The molecule has 1 aliphatic rings. The largest absolute Gasteiger partial charge is 0.376 e. The molecule has 0 saturated carbocycles. The van der Waals surface area contributed by atoms with Gasteiger partial charge in [-0.3, -0.25) is 14.2 Å². The molecule has 1 fully saturated rings. The topological polar surface area (TPSA) is 73.2 Å². The minimum absolute atomic E-state index is 0.0147. The predicted molar refractivity (Wildman–Crippen MR) is 136 cm³/mol. The molecule has 1 unspecified atom stereocenters. The first kappa shape index (κ1) is 24.0. The second kappa shape index (κ2) is 10.8. The molecule has 2 aromatic heterocycles. The van der Waals surface area contributed by atoms with E-state index in [-0.39, 0.29) is 23.3 Å². The van der Waals surface area contributed by atoms with Crippen LogP contribution in [0.1, 0.15) is 41.3 Å². The van der Waals surface area contributed by atoms with Crippen molar-refractivity contribution in [2.45, 2.75) is 64.3 Å². The molecule has 0 radical (unpaired) electrons. The fourth-order valence-corrected chi connectivity index (χ4v) is 6.32. The third-order valence-corrected chi connectivity index (χ3v) is 8.17. The molecule has 4 rings (SSSR count). The lowest BCUT2D eigenvalue weighted by Gasteiger charge is -2.16. The molecule has 1 amide bonds. The number of aromatic nitrogens is 2. The molecule has 1 atom stereocenters. The van der Waals surface area contributed by atoms with Gasteiger partial charge in [0.05, 0.1) is 23.8 Å². The Balaban J connectivity index is 1.49. The number of thiophene rings is 1. The maximum atomic E-state index is 13.5. The minimum atomic E-state index is -0.0526. The number of amides is 1. The van der Waals surface area contributed by atoms with E-state index < -0.39 is 0 Å². The second-order valence-corrected chi connectivity index (χ2v) is 10.6. The zero-order valence-electron chi connectivity index (χ0n) is 19.5. The molecular weight excluding hydrogens is 454 g/mol. The molecule has 1 N–H and O–H groups in total. The van der Waals surface area contributed by atoms with Gasteiger partial charge < -0.3 is 10.1 Å². The summed E-state index contributed by atoms with van der Waals surface area (Å²) < 4.78 is 7.53. The Hall–Kier alpha value is -2.16. The third kappa shape index (κ3) is 5.50. The van der Waals surface area contributed by atoms with Crippen LogP contribution in [0.15, 0.2) is 34.2 Å². The summed E-state index contributed by atoms with van der Waals surface area (Å²) in [5, 5.41) is 4.32. The Morgan fingerprint density at radius 2 is 2.15 bits per heavy atom. The Bertz CT molecular complexity index is 1200. The molecule has 1 aliphatic heterocycles. The summed E-state index contributed by atoms with van der Waals surface area (Å²) in [6, 6.07) is 8.21. The number of rotatable bonds is 9. The number of nitrogens with zero attached hydrogens (tertiary/aromatic N) is 2. The van der Waals surface area contributed by atoms with Crippen molar-refractivity contribution in [3.63, 3.8) is 0 Å². The Morgan fingerprint density at radius 3 is 2.88 bits per heavy atom. The summed E-state index contributed by atoms with van der Waals surface area (Å²) in [4.78, 5) is 32.8. The maximum absolute atomic E-state index is 13.5. The fourth-order valence-electron chi connectivity index (χ4n) is 4.33. The van der Waals surface area contributed by atoms with Crippen LogP contribution in [0.25, 0.3) is 10.2 Å². The summed E-state index contributed by atoms with van der Waals surface area (Å²) in [5.41, 5.74) is 3.54. The summed E-state index contributed by atoms with van der Waals surface area (Å²) in [5.74, 6) is 0.172. The van der Waals surface area contributed by atoms with Gasteiger partial charge in [0.1, 0.15) is 4.83 Å². The van der Waals surface area contributed by atoms with Gasteiger partial charge in [0.25, 0.3) is 5.56 Å². The fraction of sp³-hybridized carbons (Fsp3) is 0.480. The monoisotopic (exact) mass is 485 g/mol. The lowest BCUT2D eigenvalue weighted by Crippen LogP contribution is -2.30. The van der Waals surface area contributed by atoms with Crippen molar-refractivity contribution in [3.8, 4) is 0 Å². The normalized spacial score (nSPS) is 15.9. The van der Waals surface area contributed by atoms with Crippen LogP contribution in [0.4, 0.5) is 0 Å². The quantitative estimate of drug-likeness (QED) is 0.362. The molecule has 3 aromatic rings.